The van der Waals surface area contributed by atoms with Gasteiger partial charge >= 0.3 is 6.09 Å². The number of nitrogens with zero attached hydrogens (tertiary/aromatic N) is 1. The Morgan fingerprint density at radius 3 is 2.47 bits per heavy atom. The van der Waals surface area contributed by atoms with Gasteiger partial charge in [0.15, 0.2) is 5.78 Å². The lowest BCUT2D eigenvalue weighted by Crippen LogP contribution is -2.51. The Labute approximate surface area is 202 Å². The maximum atomic E-state index is 12.9. The number of rotatable bonds is 3. The number of anilines is 1. The number of cyclic esters (lactones) is 1. The number of ketones is 1. The van der Waals surface area contributed by atoms with E-state index in [0.717, 1.165) is 36.6 Å². The highest BCUT2D eigenvalue weighted by atomic mass is 16.6. The van der Waals surface area contributed by atoms with E-state index in [2.05, 4.69) is 13.8 Å². The van der Waals surface area contributed by atoms with Crippen molar-refractivity contribution in [2.24, 2.45) is 34.5 Å². The van der Waals surface area contributed by atoms with E-state index in [9.17, 15) is 9.59 Å². The van der Waals surface area contributed by atoms with Crippen LogP contribution < -0.4 is 9.64 Å². The van der Waals surface area contributed by atoms with Crippen LogP contribution in [-0.4, -0.2) is 31.6 Å². The molecule has 5 nitrogen and oxygen atoms in total. The molecule has 0 unspecified atom stereocenters. The molecule has 1 aromatic rings. The zero-order valence-corrected chi connectivity index (χ0v) is 20.7. The number of allylic oxidation sites excluding steroid dienone is 1. The first kappa shape index (κ1) is 22.2. The summed E-state index contributed by atoms with van der Waals surface area (Å²) in [6.07, 6.45) is 10.6. The van der Waals surface area contributed by atoms with Gasteiger partial charge in [0.2, 0.25) is 0 Å². The Morgan fingerprint density at radius 2 is 1.71 bits per heavy atom. The highest BCUT2D eigenvalue weighted by molar-refractivity contribution is 5.91. The molecule has 34 heavy (non-hydrogen) atoms. The van der Waals surface area contributed by atoms with Crippen molar-refractivity contribution in [1.82, 2.24) is 0 Å². The third kappa shape index (κ3) is 3.18. The van der Waals surface area contributed by atoms with Gasteiger partial charge in [-0.3, -0.25) is 9.69 Å². The average Bonchev–Trinajstić information content (AvgIpc) is 3.39. The minimum atomic E-state index is -0.220. The topological polar surface area (TPSA) is 55.8 Å². The van der Waals surface area contributed by atoms with Crippen LogP contribution in [0.3, 0.4) is 0 Å². The van der Waals surface area contributed by atoms with Gasteiger partial charge in [-0.15, -0.1) is 0 Å². The SMILES string of the molecule is COc1ccc(N2C[C@H]([C@H]3CC[C@H]4[C@@H]5CCC6=CC(=O)CC[C@]6(C)[C@H]5CC[C@]34C)OC2=O)cc1. The smallest absolute Gasteiger partial charge is 0.414 e. The Bertz CT molecular complexity index is 1030. The molecule has 1 aromatic carbocycles. The van der Waals surface area contributed by atoms with Gasteiger partial charge < -0.3 is 9.47 Å². The summed E-state index contributed by atoms with van der Waals surface area (Å²) >= 11 is 0. The molecule has 7 atom stereocenters. The Hall–Kier alpha value is -2.30. The fourth-order valence-electron chi connectivity index (χ4n) is 8.88. The van der Waals surface area contributed by atoms with Crippen LogP contribution in [0.5, 0.6) is 5.75 Å². The summed E-state index contributed by atoms with van der Waals surface area (Å²) in [6.45, 7) is 5.58. The van der Waals surface area contributed by atoms with E-state index >= 15 is 0 Å². The minimum Gasteiger partial charge on any atom is -0.497 e. The highest BCUT2D eigenvalue weighted by Gasteiger charge is 2.61. The van der Waals surface area contributed by atoms with Crippen LogP contribution in [0.1, 0.15) is 65.2 Å². The first-order valence-corrected chi connectivity index (χ1v) is 13.2. The number of hydrogen-bond acceptors (Lipinski definition) is 4. The van der Waals surface area contributed by atoms with E-state index < -0.39 is 0 Å². The molecule has 3 saturated carbocycles. The molecule has 1 aliphatic heterocycles. The summed E-state index contributed by atoms with van der Waals surface area (Å²) < 4.78 is 11.3. The summed E-state index contributed by atoms with van der Waals surface area (Å²) in [7, 11) is 1.65. The van der Waals surface area contributed by atoms with Crippen molar-refractivity contribution in [3.8, 4) is 5.75 Å². The summed E-state index contributed by atoms with van der Waals surface area (Å²) in [4.78, 5) is 26.8. The largest absolute Gasteiger partial charge is 0.497 e. The highest BCUT2D eigenvalue weighted by Crippen LogP contribution is 2.67. The van der Waals surface area contributed by atoms with Gasteiger partial charge in [-0.25, -0.2) is 4.79 Å². The lowest BCUT2D eigenvalue weighted by molar-refractivity contribution is -0.117. The minimum absolute atomic E-state index is 0.0388. The summed E-state index contributed by atoms with van der Waals surface area (Å²) in [5, 5.41) is 0. The number of carbonyl (C=O) groups excluding carboxylic acids is 2. The average molecular weight is 464 g/mol. The fourth-order valence-corrected chi connectivity index (χ4v) is 8.88. The van der Waals surface area contributed by atoms with Crippen molar-refractivity contribution in [2.75, 3.05) is 18.6 Å². The van der Waals surface area contributed by atoms with Crippen LogP contribution in [-0.2, 0) is 9.53 Å². The molecule has 5 heteroatoms. The van der Waals surface area contributed by atoms with Crippen LogP contribution in [0.25, 0.3) is 0 Å². The van der Waals surface area contributed by atoms with Gasteiger partial charge in [0.25, 0.3) is 0 Å². The van der Waals surface area contributed by atoms with E-state index in [1.807, 2.05) is 30.3 Å². The zero-order chi connectivity index (χ0) is 23.7. The second kappa shape index (κ2) is 7.86. The quantitative estimate of drug-likeness (QED) is 0.538. The van der Waals surface area contributed by atoms with Gasteiger partial charge in [0.1, 0.15) is 11.9 Å². The van der Waals surface area contributed by atoms with Crippen LogP contribution in [0.15, 0.2) is 35.9 Å². The molecule has 6 rings (SSSR count). The molecule has 5 aliphatic rings. The third-order valence-corrected chi connectivity index (χ3v) is 10.7. The molecule has 0 spiro atoms. The second-order valence-electron chi connectivity index (χ2n) is 11.9. The summed E-state index contributed by atoms with van der Waals surface area (Å²) in [5.74, 6) is 3.66. The van der Waals surface area contributed by atoms with Crippen molar-refractivity contribution in [1.29, 1.82) is 0 Å². The van der Waals surface area contributed by atoms with E-state index in [1.54, 1.807) is 12.0 Å². The molecule has 182 valence electrons. The van der Waals surface area contributed by atoms with Crippen molar-refractivity contribution >= 4 is 17.6 Å². The van der Waals surface area contributed by atoms with Gasteiger partial charge in [0, 0.05) is 18.0 Å². The predicted octanol–water partition coefficient (Wildman–Crippen LogP) is 6.17. The molecule has 1 amide bonds. The monoisotopic (exact) mass is 463 g/mol. The fraction of sp³-hybridized carbons (Fsp3) is 0.655. The molecular formula is C29H37NO4. The lowest BCUT2D eigenvalue weighted by atomic mass is 9.46. The number of hydrogen-bond donors (Lipinski definition) is 0. The lowest BCUT2D eigenvalue weighted by Gasteiger charge is -2.58. The van der Waals surface area contributed by atoms with Crippen LogP contribution in [0, 0.1) is 34.5 Å². The first-order chi connectivity index (χ1) is 16.3. The van der Waals surface area contributed by atoms with Gasteiger partial charge in [-0.05, 0) is 104 Å². The Kier molecular flexibility index (Phi) is 5.13. The first-order valence-electron chi connectivity index (χ1n) is 13.2. The number of amides is 1. The van der Waals surface area contributed by atoms with Crippen LogP contribution in [0.4, 0.5) is 10.5 Å². The van der Waals surface area contributed by atoms with Crippen molar-refractivity contribution in [3.63, 3.8) is 0 Å². The molecule has 0 radical (unpaired) electrons. The van der Waals surface area contributed by atoms with E-state index in [4.69, 9.17) is 9.47 Å². The Morgan fingerprint density at radius 1 is 0.941 bits per heavy atom. The maximum Gasteiger partial charge on any atom is 0.414 e. The molecule has 1 heterocycles. The number of fused-ring (bicyclic) bond motifs is 5. The Balaban J connectivity index is 1.21. The van der Waals surface area contributed by atoms with E-state index in [0.29, 0.717) is 36.5 Å². The van der Waals surface area contributed by atoms with Gasteiger partial charge in [0.05, 0.1) is 13.7 Å². The third-order valence-electron chi connectivity index (χ3n) is 10.7. The number of benzene rings is 1. The van der Waals surface area contributed by atoms with Crippen LogP contribution in [0.2, 0.25) is 0 Å². The van der Waals surface area contributed by atoms with E-state index in [1.165, 1.54) is 31.3 Å². The van der Waals surface area contributed by atoms with Gasteiger partial charge in [-0.1, -0.05) is 19.4 Å². The number of ether oxygens (including phenoxy) is 2. The molecule has 0 bridgehead atoms. The number of methoxy groups -OCH3 is 1. The second-order valence-corrected chi connectivity index (χ2v) is 11.9. The van der Waals surface area contributed by atoms with Crippen LogP contribution >= 0.6 is 0 Å². The van der Waals surface area contributed by atoms with Crippen molar-refractivity contribution < 1.29 is 19.1 Å². The summed E-state index contributed by atoms with van der Waals surface area (Å²) in [5.41, 5.74) is 2.75. The normalized spacial score (nSPS) is 41.3. The molecule has 1 saturated heterocycles. The summed E-state index contributed by atoms with van der Waals surface area (Å²) in [6, 6.07) is 7.68. The van der Waals surface area contributed by atoms with E-state index in [-0.39, 0.29) is 23.0 Å². The number of carbonyl (C=O) groups is 2. The van der Waals surface area contributed by atoms with Gasteiger partial charge in [-0.2, -0.15) is 0 Å². The van der Waals surface area contributed by atoms with Crippen molar-refractivity contribution in [2.45, 2.75) is 71.3 Å². The predicted molar refractivity (Wildman–Crippen MR) is 131 cm³/mol. The standard InChI is InChI=1S/C29H37NO4/c1-28-14-12-20(31)16-18(28)4-9-22-23-10-11-25(29(23,2)15-13-24(22)28)26-17-30(27(32)34-26)19-5-7-21(33-3)8-6-19/h5-8,16,22-26H,4,9-15,17H2,1-3H3/t22-,23-,24-,25+,26+,28-,29-/m0/s1. The maximum absolute atomic E-state index is 12.9. The molecular weight excluding hydrogens is 426 g/mol. The molecule has 0 aromatic heterocycles. The molecule has 4 aliphatic carbocycles. The molecule has 4 fully saturated rings. The molecule has 0 N–H and O–H groups in total. The van der Waals surface area contributed by atoms with Crippen molar-refractivity contribution in [3.05, 3.63) is 35.9 Å². The zero-order valence-electron chi connectivity index (χ0n) is 20.7.